The average Bonchev–Trinajstić information content (AvgIpc) is 2.90. The lowest BCUT2D eigenvalue weighted by Crippen LogP contribution is -2.33. The van der Waals surface area contributed by atoms with Crippen LogP contribution in [0.25, 0.3) is 11.0 Å². The summed E-state index contributed by atoms with van der Waals surface area (Å²) in [6.45, 7) is -0.405. The van der Waals surface area contributed by atoms with Crippen LogP contribution in [0.15, 0.2) is 12.5 Å². The zero-order valence-corrected chi connectivity index (χ0v) is 11.5. The molecule has 108 valence electrons. The van der Waals surface area contributed by atoms with E-state index in [2.05, 4.69) is 9.97 Å². The minimum atomic E-state index is -1.22. The fraction of sp³-hybridized carbons (Fsp3) is 0.455. The SMILES string of the molecule is OCC1OC(n2cc(Cl)c3c(Cl)ncnc32)C(O)C1O. The molecule has 0 saturated carbocycles. The van der Waals surface area contributed by atoms with Crippen molar-refractivity contribution in [1.29, 1.82) is 0 Å². The number of aliphatic hydroxyl groups excluding tert-OH is 3. The normalized spacial score (nSPS) is 30.2. The van der Waals surface area contributed by atoms with E-state index in [4.69, 9.17) is 33.0 Å². The minimum Gasteiger partial charge on any atom is -0.394 e. The van der Waals surface area contributed by atoms with Crippen LogP contribution in [0.3, 0.4) is 0 Å². The van der Waals surface area contributed by atoms with Crippen molar-refractivity contribution in [2.24, 2.45) is 0 Å². The van der Waals surface area contributed by atoms with Gasteiger partial charge in [-0.1, -0.05) is 23.2 Å². The van der Waals surface area contributed by atoms with Gasteiger partial charge in [0.25, 0.3) is 0 Å². The van der Waals surface area contributed by atoms with E-state index in [1.54, 1.807) is 0 Å². The third-order valence-corrected chi connectivity index (χ3v) is 3.88. The maximum atomic E-state index is 10.0. The molecule has 0 radical (unpaired) electrons. The zero-order valence-electron chi connectivity index (χ0n) is 10.0. The van der Waals surface area contributed by atoms with Crippen LogP contribution >= 0.6 is 23.2 Å². The quantitative estimate of drug-likeness (QED) is 0.690. The first kappa shape index (κ1) is 14.0. The molecule has 4 atom stereocenters. The predicted octanol–water partition coefficient (Wildman–Crippen LogP) is 0.350. The predicted molar refractivity (Wildman–Crippen MR) is 70.6 cm³/mol. The molecule has 1 aliphatic rings. The van der Waals surface area contributed by atoms with Crippen LogP contribution in [0.2, 0.25) is 10.2 Å². The van der Waals surface area contributed by atoms with Crippen molar-refractivity contribution >= 4 is 34.2 Å². The van der Waals surface area contributed by atoms with Gasteiger partial charge in [0, 0.05) is 6.20 Å². The molecule has 0 aromatic carbocycles. The van der Waals surface area contributed by atoms with E-state index in [0.29, 0.717) is 16.1 Å². The summed E-state index contributed by atoms with van der Waals surface area (Å²) in [5, 5.41) is 29.8. The van der Waals surface area contributed by atoms with Crippen molar-refractivity contribution in [2.45, 2.75) is 24.5 Å². The molecular formula is C11H11Cl2N3O4. The highest BCUT2D eigenvalue weighted by Crippen LogP contribution is 2.36. The molecule has 3 N–H and O–H groups in total. The van der Waals surface area contributed by atoms with Crippen molar-refractivity contribution in [3.63, 3.8) is 0 Å². The topological polar surface area (TPSA) is 101 Å². The molecule has 2 aromatic heterocycles. The van der Waals surface area contributed by atoms with E-state index in [1.165, 1.54) is 17.1 Å². The van der Waals surface area contributed by atoms with Crippen LogP contribution in [0, 0.1) is 0 Å². The van der Waals surface area contributed by atoms with Gasteiger partial charge < -0.3 is 24.6 Å². The van der Waals surface area contributed by atoms with Gasteiger partial charge in [0.15, 0.2) is 6.23 Å². The second kappa shape index (κ2) is 5.10. The summed E-state index contributed by atoms with van der Waals surface area (Å²) in [4.78, 5) is 7.90. The molecule has 20 heavy (non-hydrogen) atoms. The maximum absolute atomic E-state index is 10.0. The number of halogens is 2. The summed E-state index contributed by atoms with van der Waals surface area (Å²) in [5.41, 5.74) is 0.379. The number of ether oxygens (including phenoxy) is 1. The van der Waals surface area contributed by atoms with Crippen LogP contribution in [-0.4, -0.2) is 54.8 Å². The maximum Gasteiger partial charge on any atom is 0.164 e. The molecule has 0 amide bonds. The lowest BCUT2D eigenvalue weighted by molar-refractivity contribution is -0.0508. The van der Waals surface area contributed by atoms with Gasteiger partial charge in [0.2, 0.25) is 0 Å². The Kier molecular flexibility index (Phi) is 3.57. The summed E-state index contributed by atoms with van der Waals surface area (Å²) in [5.74, 6) is 0. The summed E-state index contributed by atoms with van der Waals surface area (Å²) in [7, 11) is 0. The first-order valence-corrected chi connectivity index (χ1v) is 6.59. The van der Waals surface area contributed by atoms with Crippen LogP contribution in [0.5, 0.6) is 0 Å². The highest BCUT2D eigenvalue weighted by Gasteiger charge is 2.44. The molecular weight excluding hydrogens is 309 g/mol. The van der Waals surface area contributed by atoms with Crippen LogP contribution < -0.4 is 0 Å². The number of hydrogen-bond acceptors (Lipinski definition) is 6. The van der Waals surface area contributed by atoms with Gasteiger partial charge in [-0.05, 0) is 0 Å². The zero-order chi connectivity index (χ0) is 14.4. The molecule has 4 unspecified atom stereocenters. The van der Waals surface area contributed by atoms with Crippen molar-refractivity contribution in [1.82, 2.24) is 14.5 Å². The molecule has 3 rings (SSSR count). The summed E-state index contributed by atoms with van der Waals surface area (Å²) in [6.07, 6.45) is -1.44. The number of aliphatic hydroxyl groups is 3. The van der Waals surface area contributed by atoms with Crippen LogP contribution in [0.4, 0.5) is 0 Å². The molecule has 0 aliphatic carbocycles. The number of hydrogen-bond donors (Lipinski definition) is 3. The molecule has 2 aromatic rings. The van der Waals surface area contributed by atoms with E-state index in [9.17, 15) is 10.2 Å². The monoisotopic (exact) mass is 319 g/mol. The van der Waals surface area contributed by atoms with E-state index in [0.717, 1.165) is 0 Å². The van der Waals surface area contributed by atoms with Crippen molar-refractivity contribution in [3.05, 3.63) is 22.7 Å². The number of rotatable bonds is 2. The van der Waals surface area contributed by atoms with Gasteiger partial charge in [-0.3, -0.25) is 0 Å². The first-order chi connectivity index (χ1) is 9.54. The van der Waals surface area contributed by atoms with Gasteiger partial charge in [0.1, 0.15) is 35.4 Å². The van der Waals surface area contributed by atoms with Gasteiger partial charge in [0.05, 0.1) is 17.0 Å². The lowest BCUT2D eigenvalue weighted by atomic mass is 10.1. The van der Waals surface area contributed by atoms with Gasteiger partial charge in [-0.15, -0.1) is 0 Å². The lowest BCUT2D eigenvalue weighted by Gasteiger charge is -2.17. The van der Waals surface area contributed by atoms with E-state index >= 15 is 0 Å². The van der Waals surface area contributed by atoms with E-state index < -0.39 is 31.1 Å². The van der Waals surface area contributed by atoms with E-state index in [-0.39, 0.29) is 5.15 Å². The second-order valence-electron chi connectivity index (χ2n) is 4.48. The molecule has 0 bridgehead atoms. The third-order valence-electron chi connectivity index (χ3n) is 3.31. The van der Waals surface area contributed by atoms with Crippen molar-refractivity contribution < 1.29 is 20.1 Å². The molecule has 3 heterocycles. The molecule has 1 aliphatic heterocycles. The first-order valence-electron chi connectivity index (χ1n) is 5.83. The Bertz CT molecular complexity index is 650. The van der Waals surface area contributed by atoms with Crippen LogP contribution in [0.1, 0.15) is 6.23 Å². The van der Waals surface area contributed by atoms with Crippen molar-refractivity contribution in [3.8, 4) is 0 Å². The molecule has 1 fully saturated rings. The van der Waals surface area contributed by atoms with Gasteiger partial charge in [-0.2, -0.15) is 0 Å². The third kappa shape index (κ3) is 1.98. The average molecular weight is 320 g/mol. The molecule has 7 nitrogen and oxygen atoms in total. The summed E-state index contributed by atoms with van der Waals surface area (Å²) < 4.78 is 6.90. The fourth-order valence-electron chi connectivity index (χ4n) is 2.31. The van der Waals surface area contributed by atoms with Crippen LogP contribution in [-0.2, 0) is 4.74 Å². The second-order valence-corrected chi connectivity index (χ2v) is 5.24. The Labute approximate surface area is 123 Å². The summed E-state index contributed by atoms with van der Waals surface area (Å²) >= 11 is 12.0. The summed E-state index contributed by atoms with van der Waals surface area (Å²) in [6, 6.07) is 0. The molecule has 1 saturated heterocycles. The standard InChI is InChI=1S/C11H11Cl2N3O4/c12-4-1-16(10-6(4)9(13)14-3-15-10)11-8(19)7(18)5(2-17)20-11/h1,3,5,7-8,11,17-19H,2H2. The van der Waals surface area contributed by atoms with Gasteiger partial charge >= 0.3 is 0 Å². The Balaban J connectivity index is 2.10. The Hall–Kier alpha value is -0.960. The Morgan fingerprint density at radius 2 is 2.00 bits per heavy atom. The number of fused-ring (bicyclic) bond motifs is 1. The van der Waals surface area contributed by atoms with Gasteiger partial charge in [-0.25, -0.2) is 9.97 Å². The largest absolute Gasteiger partial charge is 0.394 e. The Morgan fingerprint density at radius 1 is 1.25 bits per heavy atom. The van der Waals surface area contributed by atoms with Crippen molar-refractivity contribution in [2.75, 3.05) is 6.61 Å². The van der Waals surface area contributed by atoms with E-state index in [1.807, 2.05) is 0 Å². The number of nitrogens with zero attached hydrogens (tertiary/aromatic N) is 3. The fourth-order valence-corrected chi connectivity index (χ4v) is 2.87. The highest BCUT2D eigenvalue weighted by molar-refractivity contribution is 6.41. The Morgan fingerprint density at radius 3 is 2.65 bits per heavy atom. The number of aromatic nitrogens is 3. The smallest absolute Gasteiger partial charge is 0.164 e. The molecule has 9 heteroatoms. The minimum absolute atomic E-state index is 0.186. The molecule has 0 spiro atoms. The highest BCUT2D eigenvalue weighted by atomic mass is 35.5.